The van der Waals surface area contributed by atoms with Gasteiger partial charge in [-0.3, -0.25) is 14.6 Å². The van der Waals surface area contributed by atoms with E-state index in [0.717, 1.165) is 45.8 Å². The first-order chi connectivity index (χ1) is 23.7. The minimum absolute atomic E-state index is 0.104. The molecule has 3 saturated heterocycles. The number of para-hydroxylation sites is 1. The zero-order valence-corrected chi connectivity index (χ0v) is 27.7. The number of amides is 1. The molecule has 2 N–H and O–H groups in total. The first kappa shape index (κ1) is 32.5. The number of nitrogen functional groups attached to an aromatic ring is 1. The number of allylic oxidation sites excluding steroid dienone is 1. The van der Waals surface area contributed by atoms with E-state index in [0.29, 0.717) is 52.8 Å². The zero-order chi connectivity index (χ0) is 34.1. The van der Waals surface area contributed by atoms with E-state index >= 15 is 4.39 Å². The molecule has 1 amide bonds. The molecule has 12 heteroatoms. The molecule has 0 unspecified atom stereocenters. The van der Waals surface area contributed by atoms with Crippen LogP contribution in [0.15, 0.2) is 78.1 Å². The van der Waals surface area contributed by atoms with Crippen LogP contribution < -0.4 is 10.5 Å². The van der Waals surface area contributed by atoms with Crippen molar-refractivity contribution >= 4 is 28.8 Å². The molecule has 0 atom stereocenters. The van der Waals surface area contributed by atoms with Crippen molar-refractivity contribution in [2.75, 3.05) is 51.7 Å². The van der Waals surface area contributed by atoms with Gasteiger partial charge < -0.3 is 20.1 Å². The highest BCUT2D eigenvalue weighted by atomic mass is 19.1. The number of carbonyl (C=O) groups excluding carboxylic acids is 1. The van der Waals surface area contributed by atoms with Crippen LogP contribution >= 0.6 is 0 Å². The number of piperazine rings is 1. The number of anilines is 1. The zero-order valence-electron chi connectivity index (χ0n) is 27.7. The van der Waals surface area contributed by atoms with Crippen molar-refractivity contribution in [2.24, 2.45) is 0 Å². The Hall–Kier alpha value is -5.09. The fraction of sp³-hybridized carbons (Fsp3) is 0.351. The van der Waals surface area contributed by atoms with Gasteiger partial charge in [-0.2, -0.15) is 10.4 Å². The van der Waals surface area contributed by atoms with Crippen molar-refractivity contribution in [1.29, 1.82) is 5.26 Å². The highest BCUT2D eigenvalue weighted by Gasteiger charge is 2.35. The lowest BCUT2D eigenvalue weighted by Crippen LogP contribution is -2.59. The van der Waals surface area contributed by atoms with Gasteiger partial charge in [0.25, 0.3) is 5.91 Å². The standard InChI is InChI=1S/C37H39FN8O3/c1-37(2,44-17-15-43(16-18-44)27-23-48-24-27)20-25(21-39)36(47)45-14-6-7-26(45)22-46-32-12-13-41-35(40)33(32)34(42-46)30-11-10-29(19-31(30)38)49-28-8-4-3-5-9-28/h3-5,8-13,19-20,22,27H,6-7,14-18,23-24H2,1-2H3,(H2,40,41)/b25-20-,26-22+. The molecule has 0 saturated carbocycles. The predicted molar refractivity (Wildman–Crippen MR) is 185 cm³/mol. The van der Waals surface area contributed by atoms with E-state index in [1.807, 2.05) is 18.2 Å². The number of ether oxygens (including phenoxy) is 2. The number of nitrogens with zero attached hydrogens (tertiary/aromatic N) is 7. The van der Waals surface area contributed by atoms with Crippen LogP contribution in [0.4, 0.5) is 10.2 Å². The van der Waals surface area contributed by atoms with Crippen LogP contribution in [0.3, 0.4) is 0 Å². The average molecular weight is 663 g/mol. The summed E-state index contributed by atoms with van der Waals surface area (Å²) in [5.41, 5.74) is 7.82. The van der Waals surface area contributed by atoms with Crippen LogP contribution in [0.1, 0.15) is 26.7 Å². The van der Waals surface area contributed by atoms with Crippen molar-refractivity contribution in [3.05, 3.63) is 84.0 Å². The SMILES string of the molecule is CC(C)(/C=C(/C#N)C(=O)N1CCC/C1=C\n1nc(-c2ccc(Oc3ccccc3)cc2F)c2c(N)nccc21)N1CCN(C2COC2)CC1. The third kappa shape index (κ3) is 6.53. The predicted octanol–water partition coefficient (Wildman–Crippen LogP) is 5.28. The lowest BCUT2D eigenvalue weighted by atomic mass is 9.97. The molecule has 4 aromatic rings. The Labute approximate surface area is 284 Å². The molecule has 3 fully saturated rings. The third-order valence-electron chi connectivity index (χ3n) is 9.62. The Morgan fingerprint density at radius 3 is 2.55 bits per heavy atom. The maximum absolute atomic E-state index is 15.6. The number of hydrogen-bond donors (Lipinski definition) is 1. The van der Waals surface area contributed by atoms with E-state index in [9.17, 15) is 10.1 Å². The highest BCUT2D eigenvalue weighted by Crippen LogP contribution is 2.36. The monoisotopic (exact) mass is 662 g/mol. The van der Waals surface area contributed by atoms with Gasteiger partial charge in [-0.1, -0.05) is 18.2 Å². The first-order valence-corrected chi connectivity index (χ1v) is 16.6. The maximum Gasteiger partial charge on any atom is 0.268 e. The lowest BCUT2D eigenvalue weighted by Gasteiger charge is -2.46. The van der Waals surface area contributed by atoms with Crippen LogP contribution in [-0.4, -0.2) is 92.9 Å². The number of hydrogen-bond acceptors (Lipinski definition) is 9. The molecule has 252 valence electrons. The van der Waals surface area contributed by atoms with Gasteiger partial charge in [-0.25, -0.2) is 14.1 Å². The number of pyridine rings is 1. The summed E-state index contributed by atoms with van der Waals surface area (Å²) >= 11 is 0. The largest absolute Gasteiger partial charge is 0.457 e. The van der Waals surface area contributed by atoms with Gasteiger partial charge in [-0.15, -0.1) is 0 Å². The molecule has 0 aliphatic carbocycles. The van der Waals surface area contributed by atoms with E-state index in [2.05, 4.69) is 34.7 Å². The molecule has 7 rings (SSSR count). The number of nitriles is 1. The number of halogens is 1. The van der Waals surface area contributed by atoms with E-state index in [4.69, 9.17) is 20.3 Å². The van der Waals surface area contributed by atoms with Crippen molar-refractivity contribution < 1.29 is 18.7 Å². The number of fused-ring (bicyclic) bond motifs is 1. The third-order valence-corrected chi connectivity index (χ3v) is 9.62. The quantitative estimate of drug-likeness (QED) is 0.198. The van der Waals surface area contributed by atoms with Crippen LogP contribution in [0.2, 0.25) is 0 Å². The Kier molecular flexibility index (Phi) is 8.90. The number of nitrogens with two attached hydrogens (primary N) is 1. The second-order valence-corrected chi connectivity index (χ2v) is 13.2. The molecular formula is C37H39FN8O3. The van der Waals surface area contributed by atoms with Gasteiger partial charge in [0.2, 0.25) is 0 Å². The second kappa shape index (κ2) is 13.4. The van der Waals surface area contributed by atoms with Crippen LogP contribution in [0.5, 0.6) is 11.5 Å². The number of carbonyl (C=O) groups is 1. The smallest absolute Gasteiger partial charge is 0.268 e. The molecule has 11 nitrogen and oxygen atoms in total. The summed E-state index contributed by atoms with van der Waals surface area (Å²) in [4.78, 5) is 24.6. The van der Waals surface area contributed by atoms with E-state index in [-0.39, 0.29) is 22.9 Å². The summed E-state index contributed by atoms with van der Waals surface area (Å²) in [7, 11) is 0. The molecule has 49 heavy (non-hydrogen) atoms. The minimum atomic E-state index is -0.529. The summed E-state index contributed by atoms with van der Waals surface area (Å²) in [5.74, 6) is 0.274. The molecule has 5 heterocycles. The van der Waals surface area contributed by atoms with Crippen LogP contribution in [-0.2, 0) is 9.53 Å². The Bertz CT molecular complexity index is 1970. The normalized spacial score (nSPS) is 18.9. The fourth-order valence-corrected chi connectivity index (χ4v) is 6.81. The van der Waals surface area contributed by atoms with Gasteiger partial charge in [0.15, 0.2) is 0 Å². The highest BCUT2D eigenvalue weighted by molar-refractivity contribution is 6.01. The molecule has 2 aromatic heterocycles. The lowest BCUT2D eigenvalue weighted by molar-refractivity contribution is -0.124. The van der Waals surface area contributed by atoms with E-state index in [1.54, 1.807) is 58.4 Å². The van der Waals surface area contributed by atoms with Gasteiger partial charge in [0.05, 0.1) is 30.2 Å². The molecule has 0 bridgehead atoms. The Morgan fingerprint density at radius 2 is 1.86 bits per heavy atom. The Balaban J connectivity index is 1.15. The topological polar surface area (TPSA) is 126 Å². The molecule has 0 radical (unpaired) electrons. The van der Waals surface area contributed by atoms with E-state index < -0.39 is 11.4 Å². The maximum atomic E-state index is 15.6. The van der Waals surface area contributed by atoms with Gasteiger partial charge in [0, 0.05) is 68.0 Å². The van der Waals surface area contributed by atoms with Gasteiger partial charge in [-0.05, 0) is 63.1 Å². The van der Waals surface area contributed by atoms with Crippen molar-refractivity contribution in [1.82, 2.24) is 29.5 Å². The summed E-state index contributed by atoms with van der Waals surface area (Å²) in [6.07, 6.45) is 6.48. The molecule has 0 spiro atoms. The summed E-state index contributed by atoms with van der Waals surface area (Å²) in [6, 6.07) is 18.2. The molecule has 2 aromatic carbocycles. The van der Waals surface area contributed by atoms with Crippen LogP contribution in [0.25, 0.3) is 28.4 Å². The number of rotatable bonds is 8. The van der Waals surface area contributed by atoms with Gasteiger partial charge in [0.1, 0.15) is 40.5 Å². The summed E-state index contributed by atoms with van der Waals surface area (Å²) in [5, 5.41) is 15.4. The Morgan fingerprint density at radius 1 is 1.08 bits per heavy atom. The minimum Gasteiger partial charge on any atom is -0.457 e. The number of likely N-dealkylation sites (tertiary alicyclic amines) is 1. The number of aromatic nitrogens is 3. The van der Waals surface area contributed by atoms with Crippen LogP contribution in [0, 0.1) is 17.1 Å². The van der Waals surface area contributed by atoms with Gasteiger partial charge >= 0.3 is 0 Å². The second-order valence-electron chi connectivity index (χ2n) is 13.2. The van der Waals surface area contributed by atoms with Crippen molar-refractivity contribution in [3.63, 3.8) is 0 Å². The number of benzene rings is 2. The summed E-state index contributed by atoms with van der Waals surface area (Å²) < 4.78 is 28.4. The van der Waals surface area contributed by atoms with Crippen molar-refractivity contribution in [3.8, 4) is 28.8 Å². The molecule has 3 aliphatic rings. The molecule has 3 aliphatic heterocycles. The summed E-state index contributed by atoms with van der Waals surface area (Å²) in [6.45, 7) is 9.69. The first-order valence-electron chi connectivity index (χ1n) is 16.6. The fourth-order valence-electron chi connectivity index (χ4n) is 6.81. The molecular weight excluding hydrogens is 623 g/mol. The van der Waals surface area contributed by atoms with Crippen molar-refractivity contribution in [2.45, 2.75) is 38.3 Å². The average Bonchev–Trinajstić information content (AvgIpc) is 3.69. The van der Waals surface area contributed by atoms with E-state index in [1.165, 1.54) is 6.07 Å².